The molecule has 0 saturated heterocycles. The number of sulfonamides is 1. The van der Waals surface area contributed by atoms with Crippen LogP contribution < -0.4 is 5.73 Å². The third-order valence-electron chi connectivity index (χ3n) is 2.62. The van der Waals surface area contributed by atoms with Crippen molar-refractivity contribution in [1.29, 1.82) is 0 Å². The van der Waals surface area contributed by atoms with Crippen LogP contribution in [-0.4, -0.2) is 25.8 Å². The molecular formula is C12H17FN2O2S. The average molecular weight is 272 g/mol. The second-order valence-electron chi connectivity index (χ2n) is 3.87. The smallest absolute Gasteiger partial charge is 0.243 e. The summed E-state index contributed by atoms with van der Waals surface area (Å²) in [5, 5.41) is 0. The Morgan fingerprint density at radius 1 is 1.50 bits per heavy atom. The van der Waals surface area contributed by atoms with Crippen LogP contribution in [0.15, 0.2) is 29.7 Å². The van der Waals surface area contributed by atoms with E-state index in [0.717, 1.165) is 6.07 Å². The van der Waals surface area contributed by atoms with Gasteiger partial charge in [0, 0.05) is 24.3 Å². The summed E-state index contributed by atoms with van der Waals surface area (Å²) in [5.74, 6) is -0.622. The fourth-order valence-electron chi connectivity index (χ4n) is 1.62. The second-order valence-corrected chi connectivity index (χ2v) is 5.78. The molecule has 0 aliphatic carbocycles. The van der Waals surface area contributed by atoms with E-state index in [0.29, 0.717) is 0 Å². The van der Waals surface area contributed by atoms with Gasteiger partial charge < -0.3 is 5.73 Å². The van der Waals surface area contributed by atoms with Gasteiger partial charge in [-0.05, 0) is 19.1 Å². The van der Waals surface area contributed by atoms with E-state index in [4.69, 9.17) is 5.73 Å². The van der Waals surface area contributed by atoms with Crippen LogP contribution >= 0.6 is 0 Å². The lowest BCUT2D eigenvalue weighted by molar-refractivity contribution is 0.458. The minimum atomic E-state index is -3.75. The minimum Gasteiger partial charge on any atom is -0.399 e. The van der Waals surface area contributed by atoms with Crippen molar-refractivity contribution in [2.75, 3.05) is 18.8 Å². The van der Waals surface area contributed by atoms with E-state index in [1.54, 1.807) is 6.92 Å². The fraction of sp³-hybridized carbons (Fsp3) is 0.333. The molecule has 100 valence electrons. The summed E-state index contributed by atoms with van der Waals surface area (Å²) in [6.07, 6.45) is 1.49. The van der Waals surface area contributed by atoms with Gasteiger partial charge in [-0.25, -0.2) is 12.8 Å². The molecule has 18 heavy (non-hydrogen) atoms. The van der Waals surface area contributed by atoms with Gasteiger partial charge in [-0.15, -0.1) is 6.58 Å². The van der Waals surface area contributed by atoms with Gasteiger partial charge in [-0.1, -0.05) is 13.0 Å². The number of nitrogens with two attached hydrogens (primary N) is 1. The summed E-state index contributed by atoms with van der Waals surface area (Å²) in [5.41, 5.74) is 5.66. The van der Waals surface area contributed by atoms with Gasteiger partial charge in [-0.2, -0.15) is 4.31 Å². The molecule has 0 radical (unpaired) electrons. The van der Waals surface area contributed by atoms with Crippen molar-refractivity contribution in [3.63, 3.8) is 0 Å². The average Bonchev–Trinajstić information content (AvgIpc) is 2.30. The molecule has 0 heterocycles. The Bertz CT molecular complexity index is 555. The molecule has 0 amide bonds. The van der Waals surface area contributed by atoms with Crippen molar-refractivity contribution in [1.82, 2.24) is 4.31 Å². The van der Waals surface area contributed by atoms with Gasteiger partial charge in [0.2, 0.25) is 10.0 Å². The Balaban J connectivity index is 3.40. The summed E-state index contributed by atoms with van der Waals surface area (Å²) >= 11 is 0. The van der Waals surface area contributed by atoms with E-state index in [1.807, 2.05) is 0 Å². The van der Waals surface area contributed by atoms with Crippen LogP contribution in [0, 0.1) is 12.7 Å². The lowest BCUT2D eigenvalue weighted by atomic mass is 10.2. The first-order chi connectivity index (χ1) is 8.34. The van der Waals surface area contributed by atoms with Crippen LogP contribution in [0.3, 0.4) is 0 Å². The van der Waals surface area contributed by atoms with Crippen molar-refractivity contribution in [3.8, 4) is 0 Å². The van der Waals surface area contributed by atoms with Crippen LogP contribution in [0.25, 0.3) is 0 Å². The Morgan fingerprint density at radius 2 is 2.11 bits per heavy atom. The molecular weight excluding hydrogens is 255 g/mol. The number of hydrogen-bond donors (Lipinski definition) is 1. The zero-order valence-corrected chi connectivity index (χ0v) is 11.3. The molecule has 0 bridgehead atoms. The molecule has 0 saturated carbocycles. The lowest BCUT2D eigenvalue weighted by Crippen LogP contribution is -2.31. The highest BCUT2D eigenvalue weighted by Crippen LogP contribution is 2.24. The molecule has 2 N–H and O–H groups in total. The first-order valence-corrected chi connectivity index (χ1v) is 6.95. The molecule has 1 aromatic rings. The highest BCUT2D eigenvalue weighted by atomic mass is 32.2. The normalized spacial score (nSPS) is 11.8. The number of nitrogens with zero attached hydrogens (tertiary/aromatic N) is 1. The summed E-state index contributed by atoms with van der Waals surface area (Å²) in [6, 6.07) is 2.39. The van der Waals surface area contributed by atoms with E-state index >= 15 is 0 Å². The number of benzene rings is 1. The van der Waals surface area contributed by atoms with E-state index in [2.05, 4.69) is 6.58 Å². The number of nitrogen functional groups attached to an aromatic ring is 1. The molecule has 0 aromatic heterocycles. The number of likely N-dealkylation sites (N-methyl/N-ethyl adjacent to an activating group) is 1. The Kier molecular flexibility index (Phi) is 4.48. The second kappa shape index (κ2) is 5.49. The number of anilines is 1. The van der Waals surface area contributed by atoms with Crippen molar-refractivity contribution in [2.24, 2.45) is 0 Å². The number of hydrogen-bond acceptors (Lipinski definition) is 3. The zero-order valence-electron chi connectivity index (χ0n) is 10.5. The standard InChI is InChI=1S/C12H17FN2O2S/c1-4-6-15(5-2)18(16,17)12-8-10(14)7-11(13)9(12)3/h4,7-8H,1,5-6,14H2,2-3H3. The molecule has 1 aromatic carbocycles. The maximum Gasteiger partial charge on any atom is 0.243 e. The first-order valence-electron chi connectivity index (χ1n) is 5.51. The molecule has 0 fully saturated rings. The molecule has 0 spiro atoms. The minimum absolute atomic E-state index is 0.0757. The Morgan fingerprint density at radius 3 is 2.61 bits per heavy atom. The summed E-state index contributed by atoms with van der Waals surface area (Å²) in [7, 11) is -3.75. The summed E-state index contributed by atoms with van der Waals surface area (Å²) in [6.45, 7) is 7.09. The molecule has 1 rings (SSSR count). The lowest BCUT2D eigenvalue weighted by Gasteiger charge is -2.20. The topological polar surface area (TPSA) is 63.4 Å². The maximum absolute atomic E-state index is 13.5. The van der Waals surface area contributed by atoms with E-state index in [-0.39, 0.29) is 29.2 Å². The van der Waals surface area contributed by atoms with Gasteiger partial charge in [-0.3, -0.25) is 0 Å². The number of rotatable bonds is 5. The van der Waals surface area contributed by atoms with Crippen molar-refractivity contribution in [3.05, 3.63) is 36.2 Å². The van der Waals surface area contributed by atoms with Crippen LogP contribution in [0.1, 0.15) is 12.5 Å². The van der Waals surface area contributed by atoms with Gasteiger partial charge in [0.05, 0.1) is 4.90 Å². The first kappa shape index (κ1) is 14.7. The Labute approximate surface area is 107 Å². The SMILES string of the molecule is C=CCN(CC)S(=O)(=O)c1cc(N)cc(F)c1C. The highest BCUT2D eigenvalue weighted by molar-refractivity contribution is 7.89. The van der Waals surface area contributed by atoms with Gasteiger partial charge in [0.1, 0.15) is 5.82 Å². The summed E-state index contributed by atoms with van der Waals surface area (Å²) in [4.78, 5) is -0.0938. The molecule has 6 heteroatoms. The predicted octanol–water partition coefficient (Wildman–Crippen LogP) is 1.91. The fourth-order valence-corrected chi connectivity index (χ4v) is 3.31. The monoisotopic (exact) mass is 272 g/mol. The van der Waals surface area contributed by atoms with Crippen LogP contribution in [0.5, 0.6) is 0 Å². The molecule has 4 nitrogen and oxygen atoms in total. The largest absolute Gasteiger partial charge is 0.399 e. The zero-order chi connectivity index (χ0) is 13.9. The third kappa shape index (κ3) is 2.70. The van der Waals surface area contributed by atoms with Crippen molar-refractivity contribution in [2.45, 2.75) is 18.7 Å². The highest BCUT2D eigenvalue weighted by Gasteiger charge is 2.25. The maximum atomic E-state index is 13.5. The molecule has 0 aliphatic rings. The third-order valence-corrected chi connectivity index (χ3v) is 4.69. The van der Waals surface area contributed by atoms with Crippen LogP contribution in [0.2, 0.25) is 0 Å². The predicted molar refractivity (Wildman–Crippen MR) is 70.2 cm³/mol. The van der Waals surface area contributed by atoms with Crippen molar-refractivity contribution < 1.29 is 12.8 Å². The van der Waals surface area contributed by atoms with E-state index < -0.39 is 15.8 Å². The van der Waals surface area contributed by atoms with E-state index in [9.17, 15) is 12.8 Å². The van der Waals surface area contributed by atoms with Crippen molar-refractivity contribution >= 4 is 15.7 Å². The Hall–Kier alpha value is -1.40. The van der Waals surface area contributed by atoms with Crippen LogP contribution in [-0.2, 0) is 10.0 Å². The quantitative estimate of drug-likeness (QED) is 0.658. The van der Waals surface area contributed by atoms with E-state index in [1.165, 1.54) is 23.4 Å². The molecule has 0 atom stereocenters. The molecule has 0 aliphatic heterocycles. The number of halogens is 1. The van der Waals surface area contributed by atoms with Crippen LogP contribution in [0.4, 0.5) is 10.1 Å². The van der Waals surface area contributed by atoms with Gasteiger partial charge >= 0.3 is 0 Å². The molecule has 0 unspecified atom stereocenters. The van der Waals surface area contributed by atoms with Gasteiger partial charge in [0.25, 0.3) is 0 Å². The van der Waals surface area contributed by atoms with Gasteiger partial charge in [0.15, 0.2) is 0 Å². The summed E-state index contributed by atoms with van der Waals surface area (Å²) < 4.78 is 39.4.